The fraction of sp³-hybridized carbons (Fsp3) is 0.273. The molecular formula is C11H9F4N. The Labute approximate surface area is 89.1 Å². The van der Waals surface area contributed by atoms with Crippen molar-refractivity contribution in [3.8, 4) is 0 Å². The first kappa shape index (κ1) is 11.0. The van der Waals surface area contributed by atoms with Crippen LogP contribution in [-0.4, -0.2) is 4.98 Å². The number of rotatable bonds is 1. The second-order valence-electron chi connectivity index (χ2n) is 3.54. The Morgan fingerprint density at radius 2 is 1.94 bits per heavy atom. The summed E-state index contributed by atoms with van der Waals surface area (Å²) in [5.74, 6) is -1.23. The topological polar surface area (TPSA) is 15.8 Å². The highest BCUT2D eigenvalue weighted by atomic mass is 19.4. The summed E-state index contributed by atoms with van der Waals surface area (Å²) >= 11 is 0. The van der Waals surface area contributed by atoms with Crippen molar-refractivity contribution in [1.29, 1.82) is 0 Å². The predicted octanol–water partition coefficient (Wildman–Crippen LogP) is 3.89. The fourth-order valence-electron chi connectivity index (χ4n) is 1.71. The van der Waals surface area contributed by atoms with Gasteiger partial charge in [0.1, 0.15) is 5.82 Å². The smallest absolute Gasteiger partial charge is 0.361 e. The predicted molar refractivity (Wildman–Crippen MR) is 52.6 cm³/mol. The van der Waals surface area contributed by atoms with Gasteiger partial charge in [0, 0.05) is 17.1 Å². The average Bonchev–Trinajstić information content (AvgIpc) is 2.57. The number of aryl methyl sites for hydroxylation is 1. The molecule has 0 unspecified atom stereocenters. The molecule has 1 N–H and O–H groups in total. The van der Waals surface area contributed by atoms with Crippen molar-refractivity contribution in [2.45, 2.75) is 19.5 Å². The van der Waals surface area contributed by atoms with Crippen molar-refractivity contribution < 1.29 is 17.6 Å². The number of hydrogen-bond donors (Lipinski definition) is 1. The van der Waals surface area contributed by atoms with Gasteiger partial charge in [-0.25, -0.2) is 4.39 Å². The van der Waals surface area contributed by atoms with Gasteiger partial charge in [-0.2, -0.15) is 13.2 Å². The van der Waals surface area contributed by atoms with E-state index in [1.165, 1.54) is 0 Å². The molecular weight excluding hydrogens is 222 g/mol. The third-order valence-electron chi connectivity index (χ3n) is 2.54. The van der Waals surface area contributed by atoms with Crippen molar-refractivity contribution in [3.05, 3.63) is 35.3 Å². The van der Waals surface area contributed by atoms with E-state index in [-0.39, 0.29) is 0 Å². The van der Waals surface area contributed by atoms with Crippen molar-refractivity contribution in [2.75, 3.05) is 0 Å². The molecule has 2 rings (SSSR count). The number of fused-ring (bicyclic) bond motifs is 1. The summed E-state index contributed by atoms with van der Waals surface area (Å²) < 4.78 is 50.5. The molecule has 1 heterocycles. The van der Waals surface area contributed by atoms with E-state index in [1.54, 1.807) is 6.20 Å². The van der Waals surface area contributed by atoms with Crippen LogP contribution in [0, 0.1) is 5.82 Å². The van der Waals surface area contributed by atoms with E-state index in [1.807, 2.05) is 6.92 Å². The van der Waals surface area contributed by atoms with Crippen LogP contribution in [0.15, 0.2) is 18.3 Å². The number of halogens is 4. The van der Waals surface area contributed by atoms with E-state index in [0.29, 0.717) is 17.3 Å². The number of aromatic nitrogens is 1. The van der Waals surface area contributed by atoms with Crippen molar-refractivity contribution in [1.82, 2.24) is 4.98 Å². The summed E-state index contributed by atoms with van der Waals surface area (Å²) in [4.78, 5) is 2.71. The molecule has 2 aromatic rings. The van der Waals surface area contributed by atoms with Crippen molar-refractivity contribution >= 4 is 10.9 Å². The van der Waals surface area contributed by atoms with Crippen LogP contribution in [-0.2, 0) is 12.6 Å². The highest BCUT2D eigenvalue weighted by Gasteiger charge is 2.34. The average molecular weight is 231 g/mol. The van der Waals surface area contributed by atoms with Gasteiger partial charge in [0.05, 0.1) is 5.56 Å². The number of benzene rings is 1. The second-order valence-corrected chi connectivity index (χ2v) is 3.54. The highest BCUT2D eigenvalue weighted by molar-refractivity contribution is 5.84. The van der Waals surface area contributed by atoms with Crippen LogP contribution in [0.3, 0.4) is 0 Å². The Bertz CT molecular complexity index is 524. The maximum atomic E-state index is 13.3. The molecule has 0 amide bonds. The van der Waals surface area contributed by atoms with Crippen molar-refractivity contribution in [2.24, 2.45) is 0 Å². The molecule has 0 aliphatic rings. The van der Waals surface area contributed by atoms with Gasteiger partial charge in [-0.15, -0.1) is 0 Å². The molecule has 0 fully saturated rings. The molecule has 0 bridgehead atoms. The maximum Gasteiger partial charge on any atom is 0.419 e. The lowest BCUT2D eigenvalue weighted by atomic mass is 10.1. The normalized spacial score (nSPS) is 12.3. The minimum atomic E-state index is -4.66. The standard InChI is InChI=1S/C11H9F4N/c1-2-6-5-16-10-4-8(11(13,14)15)9(12)3-7(6)10/h3-5,16H,2H2,1H3. The summed E-state index contributed by atoms with van der Waals surface area (Å²) in [5, 5.41) is 0.507. The lowest BCUT2D eigenvalue weighted by Gasteiger charge is -2.08. The van der Waals surface area contributed by atoms with Gasteiger partial charge in [-0.1, -0.05) is 6.92 Å². The Balaban J connectivity index is 2.69. The fourth-order valence-corrected chi connectivity index (χ4v) is 1.71. The molecule has 0 spiro atoms. The molecule has 1 aromatic carbocycles. The lowest BCUT2D eigenvalue weighted by molar-refractivity contribution is -0.139. The molecule has 0 saturated heterocycles. The Morgan fingerprint density at radius 1 is 1.25 bits per heavy atom. The number of nitrogens with one attached hydrogen (secondary N) is 1. The molecule has 0 radical (unpaired) electrons. The van der Waals surface area contributed by atoms with Gasteiger partial charge in [0.25, 0.3) is 0 Å². The summed E-state index contributed by atoms with van der Waals surface area (Å²) in [6.45, 7) is 1.86. The number of hydrogen-bond acceptors (Lipinski definition) is 0. The monoisotopic (exact) mass is 231 g/mol. The Hall–Kier alpha value is -1.52. The Kier molecular flexibility index (Phi) is 2.40. The maximum absolute atomic E-state index is 13.3. The number of H-pyrrole nitrogens is 1. The first-order valence-electron chi connectivity index (χ1n) is 4.80. The zero-order valence-electron chi connectivity index (χ0n) is 8.45. The number of alkyl halides is 3. The summed E-state index contributed by atoms with van der Waals surface area (Å²) in [7, 11) is 0. The minimum absolute atomic E-state index is 0.311. The van der Waals surface area contributed by atoms with Crippen LogP contribution < -0.4 is 0 Å². The van der Waals surface area contributed by atoms with E-state index >= 15 is 0 Å². The molecule has 86 valence electrons. The molecule has 1 nitrogen and oxygen atoms in total. The van der Waals surface area contributed by atoms with E-state index in [9.17, 15) is 17.6 Å². The van der Waals surface area contributed by atoms with Gasteiger partial charge >= 0.3 is 6.18 Å². The van der Waals surface area contributed by atoms with Crippen molar-refractivity contribution in [3.63, 3.8) is 0 Å². The van der Waals surface area contributed by atoms with E-state index in [2.05, 4.69) is 4.98 Å². The first-order chi connectivity index (χ1) is 7.43. The number of aromatic amines is 1. The molecule has 16 heavy (non-hydrogen) atoms. The summed E-state index contributed by atoms with van der Waals surface area (Å²) in [5.41, 5.74) is -0.113. The molecule has 0 aliphatic heterocycles. The van der Waals surface area contributed by atoms with Crippen LogP contribution in [0.1, 0.15) is 18.1 Å². The highest BCUT2D eigenvalue weighted by Crippen LogP contribution is 2.34. The zero-order valence-corrected chi connectivity index (χ0v) is 8.45. The van der Waals surface area contributed by atoms with E-state index in [4.69, 9.17) is 0 Å². The lowest BCUT2D eigenvalue weighted by Crippen LogP contribution is -2.07. The molecule has 0 aliphatic carbocycles. The van der Waals surface area contributed by atoms with Gasteiger partial charge in [0.15, 0.2) is 0 Å². The molecule has 5 heteroatoms. The van der Waals surface area contributed by atoms with Gasteiger partial charge in [-0.05, 0) is 24.1 Å². The SMILES string of the molecule is CCc1c[nH]c2cc(C(F)(F)F)c(F)cc12. The molecule has 0 saturated carbocycles. The quantitative estimate of drug-likeness (QED) is 0.716. The van der Waals surface area contributed by atoms with Crippen LogP contribution in [0.4, 0.5) is 17.6 Å². The minimum Gasteiger partial charge on any atom is -0.361 e. The second kappa shape index (κ2) is 3.50. The van der Waals surface area contributed by atoms with Gasteiger partial charge in [-0.3, -0.25) is 0 Å². The summed E-state index contributed by atoms with van der Waals surface area (Å²) in [6, 6.07) is 1.75. The third-order valence-corrected chi connectivity index (χ3v) is 2.54. The van der Waals surface area contributed by atoms with Crippen LogP contribution in [0.2, 0.25) is 0 Å². The molecule has 1 aromatic heterocycles. The van der Waals surface area contributed by atoms with Crippen LogP contribution in [0.5, 0.6) is 0 Å². The van der Waals surface area contributed by atoms with E-state index in [0.717, 1.165) is 17.7 Å². The van der Waals surface area contributed by atoms with Gasteiger partial charge < -0.3 is 4.98 Å². The van der Waals surface area contributed by atoms with Crippen LogP contribution >= 0.6 is 0 Å². The van der Waals surface area contributed by atoms with Gasteiger partial charge in [0.2, 0.25) is 0 Å². The Morgan fingerprint density at radius 3 is 2.50 bits per heavy atom. The zero-order chi connectivity index (χ0) is 11.9. The molecule has 0 atom stereocenters. The third kappa shape index (κ3) is 1.66. The largest absolute Gasteiger partial charge is 0.419 e. The van der Waals surface area contributed by atoms with Crippen LogP contribution in [0.25, 0.3) is 10.9 Å². The van der Waals surface area contributed by atoms with E-state index < -0.39 is 17.6 Å². The first-order valence-corrected chi connectivity index (χ1v) is 4.80. The summed E-state index contributed by atoms with van der Waals surface area (Å²) in [6.07, 6.45) is -2.41.